The third-order valence-electron chi connectivity index (χ3n) is 5.68. The molecule has 1 spiro atoms. The van der Waals surface area contributed by atoms with E-state index in [0.717, 1.165) is 21.2 Å². The van der Waals surface area contributed by atoms with Gasteiger partial charge in [-0.05, 0) is 31.4 Å². The maximum atomic E-state index is 12.2. The Bertz CT molecular complexity index is 1060. The quantitative estimate of drug-likeness (QED) is 0.691. The molecular formula is C16H20ClF3N6O3S. The lowest BCUT2D eigenvalue weighted by molar-refractivity contribution is -0.324. The van der Waals surface area contributed by atoms with E-state index < -0.39 is 35.8 Å². The van der Waals surface area contributed by atoms with E-state index >= 15 is 0 Å². The van der Waals surface area contributed by atoms with Crippen LogP contribution >= 0.6 is 11.6 Å². The van der Waals surface area contributed by atoms with Crippen LogP contribution in [0.2, 0.25) is 5.15 Å². The number of aromatic nitrogens is 3. The summed E-state index contributed by atoms with van der Waals surface area (Å²) in [6, 6.07) is 1.35. The zero-order chi connectivity index (χ0) is 21.9. The van der Waals surface area contributed by atoms with Crippen molar-refractivity contribution in [3.05, 3.63) is 23.1 Å². The average Bonchev–Trinajstić information content (AvgIpc) is 2.83. The summed E-state index contributed by atoms with van der Waals surface area (Å²) in [6.45, 7) is 1.96. The minimum atomic E-state index is -4.82. The number of fused-ring (bicyclic) bond motifs is 1. The molecule has 2 N–H and O–H groups in total. The Morgan fingerprint density at radius 3 is 2.67 bits per heavy atom. The van der Waals surface area contributed by atoms with E-state index in [0.29, 0.717) is 31.1 Å². The number of nitrogens with two attached hydrogens (primary N) is 1. The first-order valence-corrected chi connectivity index (χ1v) is 11.0. The van der Waals surface area contributed by atoms with Crippen LogP contribution in [0.1, 0.15) is 18.4 Å². The summed E-state index contributed by atoms with van der Waals surface area (Å²) in [6.07, 6.45) is -2.38. The van der Waals surface area contributed by atoms with Gasteiger partial charge in [0.2, 0.25) is 0 Å². The highest BCUT2D eigenvalue weighted by Gasteiger charge is 2.55. The Kier molecular flexibility index (Phi) is 5.17. The Morgan fingerprint density at radius 2 is 2.07 bits per heavy atom. The highest BCUT2D eigenvalue weighted by Crippen LogP contribution is 2.52. The molecule has 30 heavy (non-hydrogen) atoms. The largest absolute Gasteiger partial charge is 0.522 e. The van der Waals surface area contributed by atoms with Crippen LogP contribution in [-0.2, 0) is 14.9 Å². The van der Waals surface area contributed by atoms with Crippen LogP contribution in [0.15, 0.2) is 12.4 Å². The Balaban J connectivity index is 1.40. The van der Waals surface area contributed by atoms with Crippen LogP contribution in [0.3, 0.4) is 0 Å². The third kappa shape index (κ3) is 3.96. The van der Waals surface area contributed by atoms with Crippen molar-refractivity contribution in [1.82, 2.24) is 18.9 Å². The molecule has 0 amide bonds. The summed E-state index contributed by atoms with van der Waals surface area (Å²) >= 11 is 6.18. The van der Waals surface area contributed by atoms with Crippen molar-refractivity contribution < 1.29 is 26.3 Å². The molecule has 0 unspecified atom stereocenters. The fourth-order valence-corrected chi connectivity index (χ4v) is 5.66. The summed E-state index contributed by atoms with van der Waals surface area (Å²) in [5, 5.41) is 9.84. The number of halogens is 4. The minimum Gasteiger partial charge on any atom is -0.354 e. The van der Waals surface area contributed by atoms with Gasteiger partial charge in [-0.2, -0.15) is 17.8 Å². The van der Waals surface area contributed by atoms with Crippen molar-refractivity contribution in [1.29, 1.82) is 0 Å². The van der Waals surface area contributed by atoms with Gasteiger partial charge in [-0.1, -0.05) is 11.6 Å². The van der Waals surface area contributed by atoms with Gasteiger partial charge in [0, 0.05) is 31.1 Å². The molecule has 3 heterocycles. The summed E-state index contributed by atoms with van der Waals surface area (Å²) in [4.78, 5) is 6.43. The van der Waals surface area contributed by atoms with Crippen LogP contribution in [0, 0.1) is 12.3 Å². The van der Waals surface area contributed by atoms with Crippen molar-refractivity contribution >= 4 is 33.1 Å². The molecule has 1 saturated heterocycles. The maximum absolute atomic E-state index is 12.2. The van der Waals surface area contributed by atoms with Gasteiger partial charge >= 0.3 is 6.36 Å². The molecular weight excluding hydrogens is 449 g/mol. The molecule has 0 bridgehead atoms. The molecule has 0 atom stereocenters. The number of anilines is 1. The molecule has 2 aromatic rings. The first-order chi connectivity index (χ1) is 13.9. The number of rotatable bonds is 6. The number of hydrogen-bond acceptors (Lipinski definition) is 6. The van der Waals surface area contributed by atoms with Gasteiger partial charge in [0.1, 0.15) is 17.0 Å². The van der Waals surface area contributed by atoms with Gasteiger partial charge in [-0.25, -0.2) is 14.6 Å². The van der Waals surface area contributed by atoms with E-state index in [-0.39, 0.29) is 5.41 Å². The molecule has 2 fully saturated rings. The average molecular weight is 469 g/mol. The zero-order valence-electron chi connectivity index (χ0n) is 15.9. The summed E-state index contributed by atoms with van der Waals surface area (Å²) in [5.74, 6) is 0.741. The fraction of sp³-hybridized carbons (Fsp3) is 0.625. The second-order valence-electron chi connectivity index (χ2n) is 7.86. The molecule has 0 radical (unpaired) electrons. The molecule has 2 aromatic heterocycles. The molecule has 1 saturated carbocycles. The minimum absolute atomic E-state index is 0.120. The van der Waals surface area contributed by atoms with Crippen LogP contribution in [0.25, 0.3) is 5.52 Å². The van der Waals surface area contributed by atoms with Crippen molar-refractivity contribution in [3.8, 4) is 0 Å². The van der Waals surface area contributed by atoms with Gasteiger partial charge in [0.25, 0.3) is 10.2 Å². The molecule has 166 valence electrons. The number of ether oxygens (including phenoxy) is 1. The van der Waals surface area contributed by atoms with E-state index in [1.54, 1.807) is 10.6 Å². The third-order valence-corrected chi connectivity index (χ3v) is 7.09. The molecule has 4 rings (SSSR count). The van der Waals surface area contributed by atoms with Crippen molar-refractivity contribution in [2.45, 2.75) is 32.2 Å². The Labute approximate surface area is 175 Å². The van der Waals surface area contributed by atoms with E-state index in [2.05, 4.69) is 19.7 Å². The standard InChI is InChI=1S/C16H20ClF3N6O3S/c1-10-4-12(17)26-13(10)14(22-9-23-26)24-7-15(8-24)5-11(6-15)25(30(21,27)28)2-3-29-16(18,19)20/h4,9,11H,2-3,5-8H2,1H3,(H2,21,27,28). The molecule has 14 heteroatoms. The molecule has 9 nitrogen and oxygen atoms in total. The van der Waals surface area contributed by atoms with Crippen LogP contribution in [0.5, 0.6) is 0 Å². The summed E-state index contributed by atoms with van der Waals surface area (Å²) in [5.41, 5.74) is 1.63. The summed E-state index contributed by atoms with van der Waals surface area (Å²) < 4.78 is 66.4. The smallest absolute Gasteiger partial charge is 0.354 e. The lowest BCUT2D eigenvalue weighted by atomic mass is 9.60. The predicted octanol–water partition coefficient (Wildman–Crippen LogP) is 1.70. The molecule has 1 aliphatic carbocycles. The number of aryl methyl sites for hydroxylation is 1. The monoisotopic (exact) mass is 468 g/mol. The van der Waals surface area contributed by atoms with E-state index in [9.17, 15) is 21.6 Å². The van der Waals surface area contributed by atoms with Gasteiger partial charge < -0.3 is 4.90 Å². The number of hydrogen-bond donors (Lipinski definition) is 1. The Hall–Kier alpha value is -1.67. The van der Waals surface area contributed by atoms with Gasteiger partial charge in [-0.15, -0.1) is 13.2 Å². The highest BCUT2D eigenvalue weighted by molar-refractivity contribution is 7.86. The molecule has 2 aliphatic rings. The van der Waals surface area contributed by atoms with Crippen LogP contribution < -0.4 is 10.0 Å². The topological polar surface area (TPSA) is 106 Å². The van der Waals surface area contributed by atoms with E-state index in [1.807, 2.05) is 6.92 Å². The van der Waals surface area contributed by atoms with Crippen molar-refractivity contribution in [2.75, 3.05) is 31.1 Å². The predicted molar refractivity (Wildman–Crippen MR) is 102 cm³/mol. The Morgan fingerprint density at radius 1 is 1.40 bits per heavy atom. The SMILES string of the molecule is Cc1cc(Cl)n2ncnc(N3CC4(CC(N(CCOC(F)(F)F)S(N)(=O)=O)C4)C3)c12. The zero-order valence-corrected chi connectivity index (χ0v) is 17.5. The lowest BCUT2D eigenvalue weighted by Crippen LogP contribution is -2.68. The molecule has 1 aliphatic heterocycles. The second kappa shape index (κ2) is 7.19. The lowest BCUT2D eigenvalue weighted by Gasteiger charge is -2.60. The number of alkyl halides is 3. The van der Waals surface area contributed by atoms with Crippen molar-refractivity contribution in [3.63, 3.8) is 0 Å². The first-order valence-electron chi connectivity index (χ1n) is 9.13. The first kappa shape index (κ1) is 21.6. The normalized spacial score (nSPS) is 19.5. The van der Waals surface area contributed by atoms with Gasteiger partial charge in [0.05, 0.1) is 6.61 Å². The maximum Gasteiger partial charge on any atom is 0.522 e. The van der Waals surface area contributed by atoms with E-state index in [4.69, 9.17) is 16.7 Å². The molecule has 0 aromatic carbocycles. The highest BCUT2D eigenvalue weighted by atomic mass is 35.5. The van der Waals surface area contributed by atoms with Crippen molar-refractivity contribution in [2.24, 2.45) is 10.6 Å². The van der Waals surface area contributed by atoms with E-state index in [1.165, 1.54) is 6.33 Å². The number of nitrogens with zero attached hydrogens (tertiary/aromatic N) is 5. The van der Waals surface area contributed by atoms with Gasteiger partial charge in [-0.3, -0.25) is 4.74 Å². The second-order valence-corrected chi connectivity index (χ2v) is 9.75. The van der Waals surface area contributed by atoms with Gasteiger partial charge in [0.15, 0.2) is 5.82 Å². The van der Waals surface area contributed by atoms with Crippen LogP contribution in [-0.4, -0.2) is 66.0 Å². The summed E-state index contributed by atoms with van der Waals surface area (Å²) in [7, 11) is -4.14. The van der Waals surface area contributed by atoms with Crippen LogP contribution in [0.4, 0.5) is 19.0 Å². The fourth-order valence-electron chi connectivity index (χ4n) is 4.47.